The summed E-state index contributed by atoms with van der Waals surface area (Å²) >= 11 is 0. The average Bonchev–Trinajstić information content (AvgIpc) is 2.73. The zero-order chi connectivity index (χ0) is 19.3. The van der Waals surface area contributed by atoms with E-state index in [9.17, 15) is 14.2 Å². The van der Waals surface area contributed by atoms with Crippen LogP contribution in [-0.2, 0) is 9.36 Å². The van der Waals surface area contributed by atoms with Crippen LogP contribution in [0.15, 0.2) is 91.0 Å². The van der Waals surface area contributed by atoms with Gasteiger partial charge in [0.2, 0.25) is 5.91 Å². The van der Waals surface area contributed by atoms with Crippen molar-refractivity contribution < 1.29 is 14.2 Å². The van der Waals surface area contributed by atoms with Crippen LogP contribution < -0.4 is 15.9 Å². The summed E-state index contributed by atoms with van der Waals surface area (Å²) in [5.74, 6) is -1.96. The van der Waals surface area contributed by atoms with E-state index >= 15 is 0 Å². The number of nitrogens with one attached hydrogen (secondary N) is 1. The second kappa shape index (κ2) is 8.15. The van der Waals surface area contributed by atoms with E-state index in [4.69, 9.17) is 0 Å². The van der Waals surface area contributed by atoms with Gasteiger partial charge in [-0.3, -0.25) is 9.59 Å². The maximum Gasteiger partial charge on any atom is 0.217 e. The molecular formula is C22H20NO3P. The van der Waals surface area contributed by atoms with E-state index in [1.54, 1.807) is 78.9 Å². The van der Waals surface area contributed by atoms with E-state index in [2.05, 4.69) is 5.32 Å². The van der Waals surface area contributed by atoms with Crippen LogP contribution in [0.1, 0.15) is 17.3 Å². The van der Waals surface area contributed by atoms with Crippen LogP contribution in [0, 0.1) is 0 Å². The molecule has 27 heavy (non-hydrogen) atoms. The van der Waals surface area contributed by atoms with Crippen molar-refractivity contribution in [3.8, 4) is 0 Å². The summed E-state index contributed by atoms with van der Waals surface area (Å²) in [7, 11) is -3.49. The number of hydrogen-bond donors (Lipinski definition) is 1. The molecule has 136 valence electrons. The molecule has 0 spiro atoms. The van der Waals surface area contributed by atoms with Crippen molar-refractivity contribution in [3.05, 3.63) is 96.6 Å². The highest BCUT2D eigenvalue weighted by atomic mass is 31.2. The second-order valence-corrected chi connectivity index (χ2v) is 9.03. The molecule has 4 nitrogen and oxygen atoms in total. The molecule has 3 aromatic rings. The molecule has 1 amide bonds. The maximum atomic E-state index is 14.4. The number of Topliss-reactive ketones (excluding diaryl/α,β-unsaturated/α-hetero) is 1. The molecule has 1 N–H and O–H groups in total. The van der Waals surface area contributed by atoms with Crippen molar-refractivity contribution in [2.75, 3.05) is 0 Å². The van der Waals surface area contributed by atoms with Crippen LogP contribution in [0.2, 0.25) is 0 Å². The number of ketones is 1. The highest BCUT2D eigenvalue weighted by Gasteiger charge is 2.42. The van der Waals surface area contributed by atoms with Gasteiger partial charge in [0.1, 0.15) is 0 Å². The van der Waals surface area contributed by atoms with Gasteiger partial charge in [-0.25, -0.2) is 0 Å². The van der Waals surface area contributed by atoms with Crippen molar-refractivity contribution in [1.82, 2.24) is 5.32 Å². The molecule has 1 atom stereocenters. The van der Waals surface area contributed by atoms with Crippen molar-refractivity contribution in [1.29, 1.82) is 0 Å². The lowest BCUT2D eigenvalue weighted by Crippen LogP contribution is -2.44. The number of benzene rings is 3. The van der Waals surface area contributed by atoms with E-state index in [0.717, 1.165) is 0 Å². The number of amides is 1. The lowest BCUT2D eigenvalue weighted by atomic mass is 10.1. The zero-order valence-corrected chi connectivity index (χ0v) is 15.8. The van der Waals surface area contributed by atoms with E-state index in [0.29, 0.717) is 16.2 Å². The molecule has 0 radical (unpaired) electrons. The Balaban J connectivity index is 2.22. The van der Waals surface area contributed by atoms with Gasteiger partial charge in [-0.15, -0.1) is 0 Å². The second-order valence-electron chi connectivity index (χ2n) is 6.16. The Labute approximate surface area is 158 Å². The van der Waals surface area contributed by atoms with Gasteiger partial charge in [0.05, 0.1) is 0 Å². The molecule has 0 fully saturated rings. The van der Waals surface area contributed by atoms with Crippen molar-refractivity contribution in [2.24, 2.45) is 0 Å². The third-order valence-corrected chi connectivity index (χ3v) is 7.51. The van der Waals surface area contributed by atoms with Crippen LogP contribution in [0.5, 0.6) is 0 Å². The highest BCUT2D eigenvalue weighted by molar-refractivity contribution is 7.80. The fourth-order valence-corrected chi connectivity index (χ4v) is 5.99. The predicted molar refractivity (Wildman–Crippen MR) is 108 cm³/mol. The Morgan fingerprint density at radius 3 is 1.56 bits per heavy atom. The quantitative estimate of drug-likeness (QED) is 0.529. The first-order valence-corrected chi connectivity index (χ1v) is 10.4. The summed E-state index contributed by atoms with van der Waals surface area (Å²) in [6.07, 6.45) is 0. The van der Waals surface area contributed by atoms with Gasteiger partial charge in [0.25, 0.3) is 0 Å². The highest BCUT2D eigenvalue weighted by Crippen LogP contribution is 2.48. The molecule has 0 heterocycles. The minimum atomic E-state index is -3.49. The zero-order valence-electron chi connectivity index (χ0n) is 14.9. The van der Waals surface area contributed by atoms with Crippen LogP contribution in [0.4, 0.5) is 0 Å². The molecule has 0 saturated heterocycles. The first-order valence-electron chi connectivity index (χ1n) is 8.61. The van der Waals surface area contributed by atoms with Crippen LogP contribution in [0.25, 0.3) is 0 Å². The Kier molecular flexibility index (Phi) is 5.68. The molecule has 0 aliphatic heterocycles. The molecule has 3 rings (SSSR count). The van der Waals surface area contributed by atoms with Crippen LogP contribution in [0.3, 0.4) is 0 Å². The molecule has 0 aliphatic carbocycles. The van der Waals surface area contributed by atoms with Gasteiger partial charge in [0.15, 0.2) is 18.7 Å². The minimum absolute atomic E-state index is 0.373. The van der Waals surface area contributed by atoms with Crippen molar-refractivity contribution >= 4 is 29.4 Å². The maximum absolute atomic E-state index is 14.4. The third kappa shape index (κ3) is 3.91. The molecule has 0 saturated carbocycles. The predicted octanol–water partition coefficient (Wildman–Crippen LogP) is 3.35. The first-order chi connectivity index (χ1) is 13.0. The Bertz CT molecular complexity index is 929. The fraction of sp³-hybridized carbons (Fsp3) is 0.0909. The Hall–Kier alpha value is -2.97. The standard InChI is InChI=1S/C22H20NO3P/c1-17(24)23-22(21(25)18-11-5-2-6-12-18)27(26,19-13-7-3-8-14-19)20-15-9-4-10-16-20/h2-16,22H,1H3,(H,23,24). The van der Waals surface area contributed by atoms with Gasteiger partial charge in [-0.05, 0) is 0 Å². The monoisotopic (exact) mass is 377 g/mol. The van der Waals surface area contributed by atoms with Gasteiger partial charge in [-0.2, -0.15) is 0 Å². The number of carbonyl (C=O) groups is 2. The molecule has 0 aliphatic rings. The lowest BCUT2D eigenvalue weighted by molar-refractivity contribution is -0.119. The SMILES string of the molecule is CC(=O)NC(C(=O)c1ccccc1)P(=O)(c1ccccc1)c1ccccc1. The van der Waals surface area contributed by atoms with E-state index in [1.165, 1.54) is 6.92 Å². The summed E-state index contributed by atoms with van der Waals surface area (Å²) in [6.45, 7) is 1.33. The van der Waals surface area contributed by atoms with Crippen LogP contribution >= 0.6 is 7.14 Å². The lowest BCUT2D eigenvalue weighted by Gasteiger charge is -2.28. The summed E-state index contributed by atoms with van der Waals surface area (Å²) in [4.78, 5) is 25.2. The summed E-state index contributed by atoms with van der Waals surface area (Å²) in [6, 6.07) is 26.3. The van der Waals surface area contributed by atoms with Crippen molar-refractivity contribution in [3.63, 3.8) is 0 Å². The largest absolute Gasteiger partial charge is 0.339 e. The topological polar surface area (TPSA) is 63.2 Å². The summed E-state index contributed by atoms with van der Waals surface area (Å²) in [5.41, 5.74) is 0.406. The van der Waals surface area contributed by atoms with E-state index in [-0.39, 0.29) is 5.78 Å². The average molecular weight is 377 g/mol. The fourth-order valence-electron chi connectivity index (χ4n) is 3.02. The number of carbonyl (C=O) groups excluding carboxylic acids is 2. The normalized spacial score (nSPS) is 12.2. The molecule has 3 aromatic carbocycles. The van der Waals surface area contributed by atoms with Gasteiger partial charge >= 0.3 is 0 Å². The summed E-state index contributed by atoms with van der Waals surface area (Å²) < 4.78 is 14.4. The smallest absolute Gasteiger partial charge is 0.217 e. The number of rotatable bonds is 6. The summed E-state index contributed by atoms with van der Waals surface area (Å²) in [5, 5.41) is 3.72. The minimum Gasteiger partial charge on any atom is -0.339 e. The van der Waals surface area contributed by atoms with Gasteiger partial charge in [0, 0.05) is 23.1 Å². The number of hydrogen-bond acceptors (Lipinski definition) is 3. The third-order valence-electron chi connectivity index (χ3n) is 4.29. The van der Waals surface area contributed by atoms with E-state index in [1.807, 2.05) is 12.1 Å². The first kappa shape index (κ1) is 18.8. The molecule has 0 aromatic heterocycles. The van der Waals surface area contributed by atoms with Crippen molar-refractivity contribution in [2.45, 2.75) is 12.7 Å². The Morgan fingerprint density at radius 2 is 1.15 bits per heavy atom. The van der Waals surface area contributed by atoms with Gasteiger partial charge in [-0.1, -0.05) is 91.0 Å². The van der Waals surface area contributed by atoms with Crippen LogP contribution in [-0.4, -0.2) is 17.5 Å². The molecule has 0 bridgehead atoms. The Morgan fingerprint density at radius 1 is 0.741 bits per heavy atom. The molecular weight excluding hydrogens is 357 g/mol. The van der Waals surface area contributed by atoms with E-state index < -0.39 is 18.8 Å². The molecule has 5 heteroatoms. The van der Waals surface area contributed by atoms with Gasteiger partial charge < -0.3 is 9.88 Å². The molecule has 1 unspecified atom stereocenters.